The van der Waals surface area contributed by atoms with E-state index in [1.165, 1.54) is 29.2 Å². The number of rotatable bonds is 7. The van der Waals surface area contributed by atoms with Crippen LogP contribution >= 0.6 is 11.5 Å². The molecule has 4 N–H and O–H groups in total. The summed E-state index contributed by atoms with van der Waals surface area (Å²) < 4.78 is 17.7. The summed E-state index contributed by atoms with van der Waals surface area (Å²) in [6, 6.07) is 4.63. The van der Waals surface area contributed by atoms with E-state index >= 15 is 0 Å². The van der Waals surface area contributed by atoms with Gasteiger partial charge >= 0.3 is 0 Å². The van der Waals surface area contributed by atoms with Gasteiger partial charge in [0, 0.05) is 17.8 Å². The molecule has 10 heteroatoms. The van der Waals surface area contributed by atoms with E-state index in [4.69, 9.17) is 5.73 Å². The standard InChI is InChI=1S/C24H30FN5O3S/c1-14(22(31)27-16-6-2-3-7-16)30(18-12-10-15(25)11-13-18)24(33)21-19(26)20(29-34-21)23(32)28-17-8-4-5-9-17/h10-14,16-17H,2-9,26H2,1H3,(H,27,31)(H,28,32). The first-order chi connectivity index (χ1) is 16.3. The lowest BCUT2D eigenvalue weighted by molar-refractivity contribution is -0.122. The van der Waals surface area contributed by atoms with Crippen molar-refractivity contribution in [3.05, 3.63) is 40.7 Å². The normalized spacial score (nSPS) is 17.5. The van der Waals surface area contributed by atoms with Gasteiger partial charge in [0.05, 0.1) is 5.69 Å². The van der Waals surface area contributed by atoms with E-state index in [-0.39, 0.29) is 34.2 Å². The van der Waals surface area contributed by atoms with Crippen LogP contribution < -0.4 is 21.3 Å². The van der Waals surface area contributed by atoms with Gasteiger partial charge in [0.25, 0.3) is 11.8 Å². The number of nitrogens with zero attached hydrogens (tertiary/aromatic N) is 2. The zero-order valence-electron chi connectivity index (χ0n) is 19.2. The van der Waals surface area contributed by atoms with Gasteiger partial charge in [-0.3, -0.25) is 19.3 Å². The third-order valence-corrected chi connectivity index (χ3v) is 7.47. The molecule has 2 aliphatic rings. The lowest BCUT2D eigenvalue weighted by atomic mass is 10.1. The number of aromatic nitrogens is 1. The number of nitrogens with one attached hydrogen (secondary N) is 2. The van der Waals surface area contributed by atoms with Crippen molar-refractivity contribution in [1.29, 1.82) is 0 Å². The first-order valence-corrected chi connectivity index (χ1v) is 12.6. The maximum atomic E-state index is 13.6. The summed E-state index contributed by atoms with van der Waals surface area (Å²) in [4.78, 5) is 40.7. The number of benzene rings is 1. The molecule has 3 amide bonds. The van der Waals surface area contributed by atoms with Crippen LogP contribution in [0.15, 0.2) is 24.3 Å². The number of carbonyl (C=O) groups is 3. The summed E-state index contributed by atoms with van der Waals surface area (Å²) in [6.45, 7) is 1.62. The van der Waals surface area contributed by atoms with Crippen LogP contribution in [0.2, 0.25) is 0 Å². The minimum Gasteiger partial charge on any atom is -0.395 e. The Hall–Kier alpha value is -3.01. The number of nitrogens with two attached hydrogens (primary N) is 1. The number of hydrogen-bond donors (Lipinski definition) is 3. The Kier molecular flexibility index (Phi) is 7.45. The fourth-order valence-corrected chi connectivity index (χ4v) is 5.41. The van der Waals surface area contributed by atoms with E-state index < -0.39 is 23.7 Å². The maximum Gasteiger partial charge on any atom is 0.273 e. The first kappa shape index (κ1) is 24.1. The highest BCUT2D eigenvalue weighted by Crippen LogP contribution is 2.29. The van der Waals surface area contributed by atoms with Gasteiger partial charge in [0.1, 0.15) is 16.7 Å². The van der Waals surface area contributed by atoms with Crippen molar-refractivity contribution in [1.82, 2.24) is 15.0 Å². The third-order valence-electron chi connectivity index (χ3n) is 6.62. The second kappa shape index (κ2) is 10.5. The number of halogens is 1. The Morgan fingerprint density at radius 1 is 1.03 bits per heavy atom. The molecule has 0 aliphatic heterocycles. The van der Waals surface area contributed by atoms with Crippen LogP contribution in [0.4, 0.5) is 15.8 Å². The van der Waals surface area contributed by atoms with Crippen LogP contribution in [-0.2, 0) is 4.79 Å². The molecule has 8 nitrogen and oxygen atoms in total. The van der Waals surface area contributed by atoms with Gasteiger partial charge in [0.15, 0.2) is 5.69 Å². The van der Waals surface area contributed by atoms with Crippen molar-refractivity contribution in [2.24, 2.45) is 0 Å². The van der Waals surface area contributed by atoms with Gasteiger partial charge in [-0.1, -0.05) is 25.7 Å². The molecule has 2 saturated carbocycles. The molecule has 4 rings (SSSR count). The molecule has 0 radical (unpaired) electrons. The number of carbonyl (C=O) groups excluding carboxylic acids is 3. The van der Waals surface area contributed by atoms with Crippen LogP contribution in [0.5, 0.6) is 0 Å². The highest BCUT2D eigenvalue weighted by Gasteiger charge is 2.34. The molecule has 34 heavy (non-hydrogen) atoms. The predicted octanol–water partition coefficient (Wildman–Crippen LogP) is 3.63. The minimum absolute atomic E-state index is 0.0130. The van der Waals surface area contributed by atoms with E-state index in [1.807, 2.05) is 0 Å². The van der Waals surface area contributed by atoms with Crippen molar-refractivity contribution in [3.63, 3.8) is 0 Å². The third kappa shape index (κ3) is 5.22. The van der Waals surface area contributed by atoms with E-state index in [9.17, 15) is 18.8 Å². The molecule has 2 aliphatic carbocycles. The predicted molar refractivity (Wildman–Crippen MR) is 129 cm³/mol. The SMILES string of the molecule is CC(C(=O)NC1CCCC1)N(C(=O)c1snc(C(=O)NC2CCCC2)c1N)c1ccc(F)cc1. The number of hydrogen-bond acceptors (Lipinski definition) is 6. The van der Waals surface area contributed by atoms with Crippen LogP contribution in [0.25, 0.3) is 0 Å². The summed E-state index contributed by atoms with van der Waals surface area (Å²) in [5.74, 6) is -1.72. The largest absolute Gasteiger partial charge is 0.395 e. The quantitative estimate of drug-likeness (QED) is 0.551. The van der Waals surface area contributed by atoms with Gasteiger partial charge in [-0.25, -0.2) is 4.39 Å². The van der Waals surface area contributed by atoms with Gasteiger partial charge in [-0.2, -0.15) is 4.37 Å². The molecule has 1 aromatic carbocycles. The van der Waals surface area contributed by atoms with Crippen molar-refractivity contribution in [2.45, 2.75) is 76.4 Å². The van der Waals surface area contributed by atoms with Crippen molar-refractivity contribution < 1.29 is 18.8 Å². The molecule has 1 heterocycles. The lowest BCUT2D eigenvalue weighted by Gasteiger charge is -2.29. The highest BCUT2D eigenvalue weighted by atomic mass is 32.1. The van der Waals surface area contributed by atoms with Gasteiger partial charge in [-0.05, 0) is 68.4 Å². The van der Waals surface area contributed by atoms with Crippen molar-refractivity contribution in [2.75, 3.05) is 10.6 Å². The molecule has 0 saturated heterocycles. The van der Waals surface area contributed by atoms with Gasteiger partial charge < -0.3 is 16.4 Å². The fraction of sp³-hybridized carbons (Fsp3) is 0.500. The van der Waals surface area contributed by atoms with Crippen LogP contribution in [0.1, 0.15) is 78.5 Å². The second-order valence-corrected chi connectivity index (χ2v) is 9.82. The maximum absolute atomic E-state index is 13.6. The van der Waals surface area contributed by atoms with Crippen LogP contribution in [0, 0.1) is 5.82 Å². The Morgan fingerprint density at radius 2 is 1.59 bits per heavy atom. The summed E-state index contributed by atoms with van der Waals surface area (Å²) in [6.07, 6.45) is 7.88. The summed E-state index contributed by atoms with van der Waals surface area (Å²) >= 11 is 0.826. The summed E-state index contributed by atoms with van der Waals surface area (Å²) in [5.41, 5.74) is 6.56. The van der Waals surface area contributed by atoms with Crippen molar-refractivity contribution in [3.8, 4) is 0 Å². The Morgan fingerprint density at radius 3 is 2.18 bits per heavy atom. The lowest BCUT2D eigenvalue weighted by Crippen LogP contribution is -2.50. The minimum atomic E-state index is -0.879. The van der Waals surface area contributed by atoms with Crippen molar-refractivity contribution >= 4 is 40.6 Å². The molecular formula is C24H30FN5O3S. The highest BCUT2D eigenvalue weighted by molar-refractivity contribution is 7.09. The molecular weight excluding hydrogens is 457 g/mol. The Balaban J connectivity index is 1.58. The van der Waals surface area contributed by atoms with Crippen LogP contribution in [-0.4, -0.2) is 40.2 Å². The number of amides is 3. The van der Waals surface area contributed by atoms with E-state index in [2.05, 4.69) is 15.0 Å². The van der Waals surface area contributed by atoms with Gasteiger partial charge in [-0.15, -0.1) is 0 Å². The van der Waals surface area contributed by atoms with E-state index in [1.54, 1.807) is 6.92 Å². The zero-order chi connectivity index (χ0) is 24.2. The molecule has 1 aromatic heterocycles. The van der Waals surface area contributed by atoms with Gasteiger partial charge in [0.2, 0.25) is 5.91 Å². The monoisotopic (exact) mass is 487 g/mol. The Labute approximate surface area is 202 Å². The van der Waals surface area contributed by atoms with E-state index in [0.29, 0.717) is 5.69 Å². The number of nitrogen functional groups attached to an aromatic ring is 1. The smallest absolute Gasteiger partial charge is 0.273 e. The summed E-state index contributed by atoms with van der Waals surface area (Å²) in [7, 11) is 0. The molecule has 1 atom stereocenters. The zero-order valence-corrected chi connectivity index (χ0v) is 20.0. The molecule has 2 fully saturated rings. The Bertz CT molecular complexity index is 1050. The average molecular weight is 488 g/mol. The van der Waals surface area contributed by atoms with E-state index in [0.717, 1.165) is 62.9 Å². The molecule has 2 aromatic rings. The topological polar surface area (TPSA) is 117 Å². The summed E-state index contributed by atoms with van der Waals surface area (Å²) in [5, 5.41) is 5.94. The molecule has 0 spiro atoms. The number of anilines is 2. The molecule has 1 unspecified atom stereocenters. The molecule has 0 bridgehead atoms. The second-order valence-electron chi connectivity index (χ2n) is 9.05. The average Bonchev–Trinajstić information content (AvgIpc) is 3.58. The fourth-order valence-electron chi connectivity index (χ4n) is 4.68. The first-order valence-electron chi connectivity index (χ1n) is 11.8. The molecule has 182 valence electrons. The van der Waals surface area contributed by atoms with Crippen LogP contribution in [0.3, 0.4) is 0 Å².